The molecule has 0 radical (unpaired) electrons. The fraction of sp³-hybridized carbons (Fsp3) is 0.111. The number of fused-ring (bicyclic) bond motifs is 1. The first-order chi connectivity index (χ1) is 13.4. The number of nitrogens with zero attached hydrogens (tertiary/aromatic N) is 2. The molecule has 0 aromatic heterocycles. The first kappa shape index (κ1) is 19.1. The number of ether oxygens (including phenoxy) is 2. The van der Waals surface area contributed by atoms with E-state index in [0.29, 0.717) is 0 Å². The summed E-state index contributed by atoms with van der Waals surface area (Å²) in [4.78, 5) is 23.1. The maximum atomic E-state index is 13.9. The van der Waals surface area contributed by atoms with E-state index in [2.05, 4.69) is 5.32 Å². The van der Waals surface area contributed by atoms with Gasteiger partial charge in [-0.2, -0.15) is 5.26 Å². The highest BCUT2D eigenvalue weighted by molar-refractivity contribution is 6.32. The van der Waals surface area contributed by atoms with E-state index < -0.39 is 27.9 Å². The zero-order valence-corrected chi connectivity index (χ0v) is 14.8. The number of nitro benzene ring substituents is 1. The molecule has 142 valence electrons. The minimum Gasteiger partial charge on any atom is -0.486 e. The van der Waals surface area contributed by atoms with Gasteiger partial charge in [-0.15, -0.1) is 0 Å². The Morgan fingerprint density at radius 3 is 2.61 bits per heavy atom. The van der Waals surface area contributed by atoms with Crippen LogP contribution < -0.4 is 14.8 Å². The lowest BCUT2D eigenvalue weighted by Crippen LogP contribution is -2.18. The molecule has 2 aromatic rings. The van der Waals surface area contributed by atoms with Gasteiger partial charge in [0, 0.05) is 11.6 Å². The molecule has 1 heterocycles. The Bertz CT molecular complexity index is 1030. The van der Waals surface area contributed by atoms with Crippen molar-refractivity contribution in [2.45, 2.75) is 0 Å². The fourth-order valence-corrected chi connectivity index (χ4v) is 2.68. The van der Waals surface area contributed by atoms with Gasteiger partial charge in [-0.3, -0.25) is 14.9 Å². The summed E-state index contributed by atoms with van der Waals surface area (Å²) in [5.74, 6) is -1.31. The lowest BCUT2D eigenvalue weighted by atomic mass is 10.1. The molecule has 1 aliphatic rings. The normalized spacial score (nSPS) is 12.8. The van der Waals surface area contributed by atoms with Gasteiger partial charge in [0.05, 0.1) is 16.0 Å². The highest BCUT2D eigenvalue weighted by Gasteiger charge is 2.24. The minimum atomic E-state index is -0.971. The molecule has 0 saturated heterocycles. The first-order valence-corrected chi connectivity index (χ1v) is 8.23. The Morgan fingerprint density at radius 1 is 1.32 bits per heavy atom. The lowest BCUT2D eigenvalue weighted by Gasteiger charge is -2.19. The molecule has 1 N–H and O–H groups in total. The molecule has 0 fully saturated rings. The maximum absolute atomic E-state index is 13.9. The molecular formula is C18H11ClFN3O5. The smallest absolute Gasteiger partial charge is 0.296 e. The summed E-state index contributed by atoms with van der Waals surface area (Å²) in [7, 11) is 0. The fourth-order valence-electron chi connectivity index (χ4n) is 2.46. The molecule has 0 unspecified atom stereocenters. The number of halogens is 2. The molecule has 0 atom stereocenters. The maximum Gasteiger partial charge on any atom is 0.296 e. The van der Waals surface area contributed by atoms with Gasteiger partial charge in [-0.1, -0.05) is 17.7 Å². The van der Waals surface area contributed by atoms with Crippen LogP contribution in [0.3, 0.4) is 0 Å². The Hall–Kier alpha value is -3.64. The van der Waals surface area contributed by atoms with Crippen molar-refractivity contribution >= 4 is 35.0 Å². The highest BCUT2D eigenvalue weighted by Crippen LogP contribution is 2.39. The number of nitrogens with one attached hydrogen (secondary N) is 1. The van der Waals surface area contributed by atoms with Crippen molar-refractivity contribution in [2.24, 2.45) is 0 Å². The quantitative estimate of drug-likeness (QED) is 0.360. The van der Waals surface area contributed by atoms with Gasteiger partial charge in [0.1, 0.15) is 36.4 Å². The lowest BCUT2D eigenvalue weighted by molar-refractivity contribution is -0.384. The molecule has 3 rings (SSSR count). The Kier molecular flexibility index (Phi) is 5.42. The summed E-state index contributed by atoms with van der Waals surface area (Å²) >= 11 is 5.90. The monoisotopic (exact) mass is 403 g/mol. The zero-order chi connectivity index (χ0) is 20.3. The van der Waals surface area contributed by atoms with Gasteiger partial charge in [-0.05, 0) is 18.2 Å². The van der Waals surface area contributed by atoms with Crippen LogP contribution in [0.15, 0.2) is 35.9 Å². The summed E-state index contributed by atoms with van der Waals surface area (Å²) in [6.07, 6.45) is 0.969. The second-order valence-electron chi connectivity index (χ2n) is 5.53. The van der Waals surface area contributed by atoms with E-state index in [1.807, 2.05) is 0 Å². The van der Waals surface area contributed by atoms with Crippen molar-refractivity contribution in [2.75, 3.05) is 18.5 Å². The zero-order valence-electron chi connectivity index (χ0n) is 14.1. The van der Waals surface area contributed by atoms with Crippen LogP contribution in [-0.2, 0) is 4.79 Å². The second-order valence-corrected chi connectivity index (χ2v) is 5.94. The van der Waals surface area contributed by atoms with E-state index in [9.17, 15) is 24.6 Å². The van der Waals surface area contributed by atoms with E-state index in [1.165, 1.54) is 18.2 Å². The van der Waals surface area contributed by atoms with Gasteiger partial charge in [0.2, 0.25) is 0 Å². The molecule has 10 heteroatoms. The number of nitro groups is 1. The van der Waals surface area contributed by atoms with Crippen LogP contribution in [-0.4, -0.2) is 24.0 Å². The number of benzene rings is 2. The number of anilines is 1. The van der Waals surface area contributed by atoms with Crippen molar-refractivity contribution in [3.05, 3.63) is 62.4 Å². The average molecular weight is 404 g/mol. The third-order valence-corrected chi connectivity index (χ3v) is 4.09. The van der Waals surface area contributed by atoms with Gasteiger partial charge in [0.25, 0.3) is 11.6 Å². The summed E-state index contributed by atoms with van der Waals surface area (Å²) in [5, 5.41) is 22.9. The molecular weight excluding hydrogens is 393 g/mol. The Balaban J connectivity index is 1.96. The number of rotatable bonds is 4. The van der Waals surface area contributed by atoms with Crippen LogP contribution in [0.25, 0.3) is 6.08 Å². The van der Waals surface area contributed by atoms with Crippen LogP contribution in [0.4, 0.5) is 15.8 Å². The standard InChI is InChI=1S/C18H11ClFN3O5/c19-12-2-1-3-13(20)11(12)6-10(9-21)18(24)22-14-7-16-17(28-5-4-27-16)8-15(14)23(25)26/h1-3,6-8H,4-5H2,(H,22,24)/b10-6+. The van der Waals surface area contributed by atoms with Gasteiger partial charge in [0.15, 0.2) is 11.5 Å². The second kappa shape index (κ2) is 7.94. The molecule has 1 aliphatic heterocycles. The van der Waals surface area contributed by atoms with Crippen molar-refractivity contribution in [3.63, 3.8) is 0 Å². The third-order valence-electron chi connectivity index (χ3n) is 3.76. The van der Waals surface area contributed by atoms with E-state index in [1.54, 1.807) is 6.07 Å². The number of hydrogen-bond acceptors (Lipinski definition) is 6. The van der Waals surface area contributed by atoms with E-state index >= 15 is 0 Å². The molecule has 8 nitrogen and oxygen atoms in total. The predicted molar refractivity (Wildman–Crippen MR) is 97.7 cm³/mol. The van der Waals surface area contributed by atoms with Crippen LogP contribution in [0.1, 0.15) is 5.56 Å². The van der Waals surface area contributed by atoms with E-state index in [4.69, 9.17) is 21.1 Å². The van der Waals surface area contributed by atoms with Crippen molar-refractivity contribution < 1.29 is 23.6 Å². The molecule has 0 saturated carbocycles. The molecule has 0 bridgehead atoms. The van der Waals surface area contributed by atoms with Crippen LogP contribution in [0.2, 0.25) is 5.02 Å². The van der Waals surface area contributed by atoms with Crippen LogP contribution >= 0.6 is 11.6 Å². The number of carbonyl (C=O) groups excluding carboxylic acids is 1. The van der Waals surface area contributed by atoms with Crippen LogP contribution in [0.5, 0.6) is 11.5 Å². The van der Waals surface area contributed by atoms with Crippen molar-refractivity contribution in [1.29, 1.82) is 5.26 Å². The SMILES string of the molecule is N#C/C(=C\c1c(F)cccc1Cl)C(=O)Nc1cc2c(cc1[N+](=O)[O-])OCCO2. The number of hydrogen-bond donors (Lipinski definition) is 1. The molecule has 0 spiro atoms. The summed E-state index contributed by atoms with van der Waals surface area (Å²) in [6, 6.07) is 7.88. The van der Waals surface area contributed by atoms with Gasteiger partial charge >= 0.3 is 0 Å². The van der Waals surface area contributed by atoms with Crippen LogP contribution in [0, 0.1) is 27.3 Å². The molecule has 2 aromatic carbocycles. The van der Waals surface area contributed by atoms with E-state index in [-0.39, 0.29) is 41.0 Å². The molecule has 28 heavy (non-hydrogen) atoms. The minimum absolute atomic E-state index is 0.00543. The summed E-state index contributed by atoms with van der Waals surface area (Å²) in [5.41, 5.74) is -1.28. The predicted octanol–water partition coefficient (Wildman–Crippen LogP) is 3.70. The Morgan fingerprint density at radius 2 is 2.00 bits per heavy atom. The number of carbonyl (C=O) groups is 1. The largest absolute Gasteiger partial charge is 0.486 e. The Labute approximate surface area is 162 Å². The number of amides is 1. The number of nitriles is 1. The highest BCUT2D eigenvalue weighted by atomic mass is 35.5. The van der Waals surface area contributed by atoms with E-state index in [0.717, 1.165) is 18.2 Å². The molecule has 0 aliphatic carbocycles. The summed E-state index contributed by atoms with van der Waals surface area (Å²) < 4.78 is 24.5. The summed E-state index contributed by atoms with van der Waals surface area (Å²) in [6.45, 7) is 0.480. The van der Waals surface area contributed by atoms with Crippen molar-refractivity contribution in [3.8, 4) is 17.6 Å². The average Bonchev–Trinajstić information content (AvgIpc) is 2.67. The topological polar surface area (TPSA) is 114 Å². The van der Waals surface area contributed by atoms with Crippen molar-refractivity contribution in [1.82, 2.24) is 0 Å². The first-order valence-electron chi connectivity index (χ1n) is 7.86. The third kappa shape index (κ3) is 3.87. The van der Waals surface area contributed by atoms with Gasteiger partial charge in [-0.25, -0.2) is 4.39 Å². The molecule has 1 amide bonds. The van der Waals surface area contributed by atoms with Gasteiger partial charge < -0.3 is 14.8 Å².